The molecule has 0 saturated carbocycles. The van der Waals surface area contributed by atoms with Gasteiger partial charge in [0, 0.05) is 12.8 Å². The monoisotopic (exact) mass is 828 g/mol. The van der Waals surface area contributed by atoms with Crippen LogP contribution in [0.1, 0.15) is 200 Å². The molecule has 0 aliphatic carbocycles. The zero-order chi connectivity index (χ0) is 42.1. The van der Waals surface area contributed by atoms with Gasteiger partial charge in [-0.3, -0.25) is 23.4 Å². The average Bonchev–Trinajstić information content (AvgIpc) is 3.19. The molecule has 0 amide bonds. The van der Waals surface area contributed by atoms with Gasteiger partial charge in [-0.1, -0.05) is 159 Å². The van der Waals surface area contributed by atoms with Gasteiger partial charge in [0.15, 0.2) is 6.10 Å². The zero-order valence-corrected chi connectivity index (χ0v) is 36.8. The standard InChI is InChI=1S/C45H82NO10P/c1-3-5-7-9-11-13-15-17-19-20-21-22-23-25-26-28-30-32-34-36-43(47)53-38-41(39-54-57(51,52)55-40-42(46)45(49)50)56-44(48)37-35-33-31-29-27-24-18-16-14-12-10-8-6-4-2/h10,12,16,18,20-21,41-42H,3-9,11,13-15,17,19,22-40,46H2,1-2H3,(H,49,50)(H,51,52)/b12-10-,18-16-,21-20-/t41-,42+/m1/s1. The van der Waals surface area contributed by atoms with Crippen molar-refractivity contribution in [3.63, 3.8) is 0 Å². The number of hydrogen-bond acceptors (Lipinski definition) is 9. The molecule has 332 valence electrons. The summed E-state index contributed by atoms with van der Waals surface area (Å²) in [5.41, 5.74) is 5.33. The van der Waals surface area contributed by atoms with Crippen molar-refractivity contribution in [1.29, 1.82) is 0 Å². The van der Waals surface area contributed by atoms with E-state index in [1.165, 1.54) is 89.9 Å². The van der Waals surface area contributed by atoms with Gasteiger partial charge >= 0.3 is 25.7 Å². The molecule has 0 bridgehead atoms. The molecular weight excluding hydrogens is 745 g/mol. The lowest BCUT2D eigenvalue weighted by Crippen LogP contribution is -2.34. The van der Waals surface area contributed by atoms with Crippen molar-refractivity contribution >= 4 is 25.7 Å². The summed E-state index contributed by atoms with van der Waals surface area (Å²) in [5, 5.41) is 8.89. The molecule has 0 aromatic heterocycles. The third-order valence-corrected chi connectivity index (χ3v) is 10.6. The van der Waals surface area contributed by atoms with Crippen molar-refractivity contribution < 1.29 is 47.5 Å². The van der Waals surface area contributed by atoms with Crippen LogP contribution in [0.15, 0.2) is 36.5 Å². The van der Waals surface area contributed by atoms with E-state index in [1.54, 1.807) is 0 Å². The number of carbonyl (C=O) groups excluding carboxylic acids is 2. The number of aliphatic carboxylic acids is 1. The van der Waals surface area contributed by atoms with Crippen molar-refractivity contribution in [2.24, 2.45) is 5.73 Å². The van der Waals surface area contributed by atoms with E-state index in [4.69, 9.17) is 24.8 Å². The number of phosphoric acid groups is 1. The Balaban J connectivity index is 4.33. The van der Waals surface area contributed by atoms with Crippen LogP contribution in [0, 0.1) is 0 Å². The summed E-state index contributed by atoms with van der Waals surface area (Å²) < 4.78 is 32.7. The highest BCUT2D eigenvalue weighted by atomic mass is 31.2. The summed E-state index contributed by atoms with van der Waals surface area (Å²) in [4.78, 5) is 46.0. The normalized spacial score (nSPS) is 14.0. The van der Waals surface area contributed by atoms with Crippen LogP contribution in [0.25, 0.3) is 0 Å². The molecule has 12 heteroatoms. The second-order valence-corrected chi connectivity index (χ2v) is 16.6. The molecule has 0 aliphatic rings. The van der Waals surface area contributed by atoms with Gasteiger partial charge in [-0.05, 0) is 64.2 Å². The molecule has 1 unspecified atom stereocenters. The first-order chi connectivity index (χ1) is 27.6. The van der Waals surface area contributed by atoms with Crippen LogP contribution in [0.3, 0.4) is 0 Å². The number of rotatable bonds is 42. The number of carbonyl (C=O) groups is 3. The highest BCUT2D eigenvalue weighted by molar-refractivity contribution is 7.47. The van der Waals surface area contributed by atoms with E-state index in [9.17, 15) is 23.8 Å². The number of nitrogens with two attached hydrogens (primary N) is 1. The van der Waals surface area contributed by atoms with Crippen molar-refractivity contribution in [3.05, 3.63) is 36.5 Å². The molecule has 0 heterocycles. The lowest BCUT2D eigenvalue weighted by atomic mass is 10.1. The van der Waals surface area contributed by atoms with Crippen LogP contribution in [0.2, 0.25) is 0 Å². The van der Waals surface area contributed by atoms with Crippen LogP contribution < -0.4 is 5.73 Å². The Morgan fingerprint density at radius 1 is 0.544 bits per heavy atom. The first-order valence-corrected chi connectivity index (χ1v) is 24.0. The maximum absolute atomic E-state index is 12.6. The summed E-state index contributed by atoms with van der Waals surface area (Å²) in [6, 6.07) is -1.52. The maximum atomic E-state index is 12.6. The molecule has 3 atom stereocenters. The smallest absolute Gasteiger partial charge is 0.472 e. The van der Waals surface area contributed by atoms with Gasteiger partial charge in [0.1, 0.15) is 12.6 Å². The molecule has 0 fully saturated rings. The number of hydrogen-bond donors (Lipinski definition) is 3. The summed E-state index contributed by atoms with van der Waals surface area (Å²) in [6.45, 7) is 2.75. The third kappa shape index (κ3) is 40.3. The minimum absolute atomic E-state index is 0.144. The number of phosphoric ester groups is 1. The largest absolute Gasteiger partial charge is 0.480 e. The van der Waals surface area contributed by atoms with Crippen molar-refractivity contribution in [1.82, 2.24) is 0 Å². The summed E-state index contributed by atoms with van der Waals surface area (Å²) in [7, 11) is -4.72. The number of unbranched alkanes of at least 4 members (excludes halogenated alkanes) is 22. The van der Waals surface area contributed by atoms with E-state index in [0.29, 0.717) is 12.8 Å². The Morgan fingerprint density at radius 2 is 0.947 bits per heavy atom. The Morgan fingerprint density at radius 3 is 1.44 bits per heavy atom. The average molecular weight is 828 g/mol. The van der Waals surface area contributed by atoms with Gasteiger partial charge in [0.25, 0.3) is 0 Å². The Hall–Kier alpha value is -2.30. The van der Waals surface area contributed by atoms with E-state index in [1.807, 2.05) is 0 Å². The molecule has 0 rings (SSSR count). The van der Waals surface area contributed by atoms with Gasteiger partial charge in [-0.15, -0.1) is 0 Å². The molecule has 11 nitrogen and oxygen atoms in total. The topological polar surface area (TPSA) is 172 Å². The molecular formula is C45H82NO10P. The predicted molar refractivity (Wildman–Crippen MR) is 231 cm³/mol. The van der Waals surface area contributed by atoms with Gasteiger partial charge in [0.2, 0.25) is 0 Å². The van der Waals surface area contributed by atoms with Gasteiger partial charge in [-0.2, -0.15) is 0 Å². The molecule has 0 saturated heterocycles. The highest BCUT2D eigenvalue weighted by Gasteiger charge is 2.28. The van der Waals surface area contributed by atoms with Gasteiger partial charge in [0.05, 0.1) is 13.2 Å². The fourth-order valence-corrected chi connectivity index (χ4v) is 6.80. The van der Waals surface area contributed by atoms with Gasteiger partial charge < -0.3 is 25.2 Å². The molecule has 0 aliphatic heterocycles. The van der Waals surface area contributed by atoms with E-state index in [-0.39, 0.29) is 19.4 Å². The van der Waals surface area contributed by atoms with E-state index >= 15 is 0 Å². The second-order valence-electron chi connectivity index (χ2n) is 15.2. The van der Waals surface area contributed by atoms with Crippen molar-refractivity contribution in [2.75, 3.05) is 19.8 Å². The zero-order valence-electron chi connectivity index (χ0n) is 35.9. The maximum Gasteiger partial charge on any atom is 0.472 e. The molecule has 0 radical (unpaired) electrons. The number of carboxylic acids is 1. The van der Waals surface area contributed by atoms with Crippen LogP contribution in [-0.2, 0) is 37.5 Å². The van der Waals surface area contributed by atoms with E-state index < -0.39 is 51.1 Å². The van der Waals surface area contributed by atoms with E-state index in [0.717, 1.165) is 70.6 Å². The quantitative estimate of drug-likeness (QED) is 0.0231. The second kappa shape index (κ2) is 40.5. The fourth-order valence-electron chi connectivity index (χ4n) is 6.02. The number of carboxylic acid groups (broad SMARTS) is 1. The Kier molecular flexibility index (Phi) is 38.8. The fraction of sp³-hybridized carbons (Fsp3) is 0.800. The number of esters is 2. The minimum Gasteiger partial charge on any atom is -0.480 e. The predicted octanol–water partition coefficient (Wildman–Crippen LogP) is 12.0. The Bertz CT molecular complexity index is 1110. The summed E-state index contributed by atoms with van der Waals surface area (Å²) in [6.07, 6.45) is 43.5. The highest BCUT2D eigenvalue weighted by Crippen LogP contribution is 2.43. The summed E-state index contributed by atoms with van der Waals surface area (Å²) in [5.74, 6) is -2.40. The van der Waals surface area contributed by atoms with Gasteiger partial charge in [-0.25, -0.2) is 4.57 Å². The van der Waals surface area contributed by atoms with Crippen molar-refractivity contribution in [2.45, 2.75) is 212 Å². The van der Waals surface area contributed by atoms with E-state index in [2.05, 4.69) is 54.8 Å². The third-order valence-electron chi connectivity index (χ3n) is 9.61. The minimum atomic E-state index is -4.72. The first-order valence-electron chi connectivity index (χ1n) is 22.5. The van der Waals surface area contributed by atoms with Crippen LogP contribution in [-0.4, -0.2) is 59.9 Å². The summed E-state index contributed by atoms with van der Waals surface area (Å²) >= 11 is 0. The van der Waals surface area contributed by atoms with Crippen molar-refractivity contribution in [3.8, 4) is 0 Å². The molecule has 57 heavy (non-hydrogen) atoms. The molecule has 4 N–H and O–H groups in total. The SMILES string of the molecule is CCCC/C=C\C/C=C\CCCCCCCC(=O)O[C@H](COC(=O)CCCCCCCCC/C=C\CCCCCCCCCC)COP(=O)(O)OC[C@H](N)C(=O)O. The van der Waals surface area contributed by atoms with Crippen LogP contribution in [0.5, 0.6) is 0 Å². The molecule has 0 aromatic carbocycles. The van der Waals surface area contributed by atoms with Crippen LogP contribution in [0.4, 0.5) is 0 Å². The number of allylic oxidation sites excluding steroid dienone is 6. The molecule has 0 aromatic rings. The lowest BCUT2D eigenvalue weighted by molar-refractivity contribution is -0.161. The Labute approximate surface area is 346 Å². The first kappa shape index (κ1) is 54.7. The lowest BCUT2D eigenvalue weighted by Gasteiger charge is -2.20. The van der Waals surface area contributed by atoms with Crippen LogP contribution >= 0.6 is 7.82 Å². The molecule has 0 spiro atoms. The number of ether oxygens (including phenoxy) is 2.